The van der Waals surface area contributed by atoms with Crippen LogP contribution in [0.5, 0.6) is 0 Å². The largest absolute Gasteiger partial charge is 0.385 e. The molecule has 0 aliphatic heterocycles. The molecule has 15 heavy (non-hydrogen) atoms. The fourth-order valence-corrected chi connectivity index (χ4v) is 1.34. The van der Waals surface area contributed by atoms with Gasteiger partial charge in [-0.3, -0.25) is 0 Å². The minimum Gasteiger partial charge on any atom is -0.385 e. The Kier molecular flexibility index (Phi) is 5.28. The number of nitrogens with zero attached hydrogens (tertiary/aromatic N) is 1. The first-order valence-electron chi connectivity index (χ1n) is 5.05. The maximum absolute atomic E-state index is 8.38. The van der Waals surface area contributed by atoms with Crippen molar-refractivity contribution < 1.29 is 4.74 Å². The number of ether oxygens (including phenoxy) is 1. The highest BCUT2D eigenvalue weighted by atomic mass is 16.5. The molecule has 0 aliphatic rings. The predicted molar refractivity (Wildman–Crippen MR) is 60.5 cm³/mol. The van der Waals surface area contributed by atoms with Gasteiger partial charge in [0.25, 0.3) is 0 Å². The van der Waals surface area contributed by atoms with Crippen molar-refractivity contribution in [2.24, 2.45) is 0 Å². The van der Waals surface area contributed by atoms with E-state index in [9.17, 15) is 0 Å². The van der Waals surface area contributed by atoms with E-state index in [1.807, 2.05) is 18.2 Å². The fraction of sp³-hybridized carbons (Fsp3) is 0.417. The second-order valence-electron chi connectivity index (χ2n) is 3.32. The van der Waals surface area contributed by atoms with Crippen molar-refractivity contribution in [1.82, 2.24) is 0 Å². The minimum absolute atomic E-state index is 0.602. The van der Waals surface area contributed by atoms with Crippen LogP contribution in [0, 0.1) is 11.3 Å². The molecule has 0 amide bonds. The number of rotatable bonds is 6. The third kappa shape index (κ3) is 4.48. The quantitative estimate of drug-likeness (QED) is 0.724. The van der Waals surface area contributed by atoms with E-state index in [-0.39, 0.29) is 0 Å². The lowest BCUT2D eigenvalue weighted by Crippen LogP contribution is -2.01. The van der Waals surface area contributed by atoms with Gasteiger partial charge in [0.05, 0.1) is 12.7 Å². The number of hydrogen-bond donors (Lipinski definition) is 1. The first-order chi connectivity index (χ1) is 7.36. The number of anilines is 1. The molecule has 3 heteroatoms. The zero-order valence-corrected chi connectivity index (χ0v) is 8.99. The molecule has 0 saturated heterocycles. The van der Waals surface area contributed by atoms with Gasteiger partial charge in [0.15, 0.2) is 0 Å². The van der Waals surface area contributed by atoms with E-state index in [0.29, 0.717) is 13.0 Å². The Labute approximate surface area is 90.7 Å². The first-order valence-corrected chi connectivity index (χ1v) is 5.05. The average Bonchev–Trinajstić information content (AvgIpc) is 2.26. The third-order valence-electron chi connectivity index (χ3n) is 2.03. The van der Waals surface area contributed by atoms with Crippen LogP contribution in [-0.4, -0.2) is 13.7 Å². The van der Waals surface area contributed by atoms with Crippen LogP contribution in [0.4, 0.5) is 5.69 Å². The Morgan fingerprint density at radius 2 is 2.33 bits per heavy atom. The van der Waals surface area contributed by atoms with Crippen LogP contribution in [0.15, 0.2) is 24.3 Å². The van der Waals surface area contributed by atoms with Gasteiger partial charge in [0, 0.05) is 25.8 Å². The van der Waals surface area contributed by atoms with Crippen molar-refractivity contribution >= 4 is 5.69 Å². The number of nitriles is 1. The molecule has 0 aromatic heterocycles. The minimum atomic E-state index is 0.602. The Morgan fingerprint density at radius 1 is 1.47 bits per heavy atom. The fourth-order valence-electron chi connectivity index (χ4n) is 1.34. The van der Waals surface area contributed by atoms with Gasteiger partial charge in [-0.1, -0.05) is 12.1 Å². The molecule has 3 nitrogen and oxygen atoms in total. The molecule has 0 radical (unpaired) electrons. The van der Waals surface area contributed by atoms with E-state index < -0.39 is 0 Å². The number of methoxy groups -OCH3 is 1. The standard InChI is InChI=1S/C12H16N2O/c1-15-10-11-5-4-6-12(9-11)14-8-3-2-7-13/h4-6,9,14H,2-3,8,10H2,1H3. The molecule has 0 saturated carbocycles. The van der Waals surface area contributed by atoms with Crippen LogP contribution in [0.25, 0.3) is 0 Å². The lowest BCUT2D eigenvalue weighted by molar-refractivity contribution is 0.185. The van der Waals surface area contributed by atoms with Crippen molar-refractivity contribution in [1.29, 1.82) is 5.26 Å². The monoisotopic (exact) mass is 204 g/mol. The van der Waals surface area contributed by atoms with Crippen LogP contribution >= 0.6 is 0 Å². The second-order valence-corrected chi connectivity index (χ2v) is 3.32. The average molecular weight is 204 g/mol. The molecule has 1 rings (SSSR count). The van der Waals surface area contributed by atoms with Gasteiger partial charge in [-0.25, -0.2) is 0 Å². The van der Waals surface area contributed by atoms with Gasteiger partial charge in [0.2, 0.25) is 0 Å². The van der Waals surface area contributed by atoms with Crippen molar-refractivity contribution in [3.63, 3.8) is 0 Å². The van der Waals surface area contributed by atoms with E-state index in [1.54, 1.807) is 7.11 Å². The molecule has 0 aliphatic carbocycles. The first kappa shape index (κ1) is 11.5. The highest BCUT2D eigenvalue weighted by Gasteiger charge is 1.94. The lowest BCUT2D eigenvalue weighted by atomic mass is 10.2. The Balaban J connectivity index is 2.40. The predicted octanol–water partition coefficient (Wildman–Crippen LogP) is 2.55. The normalized spacial score (nSPS) is 9.60. The summed E-state index contributed by atoms with van der Waals surface area (Å²) in [5, 5.41) is 11.7. The molecule has 1 N–H and O–H groups in total. The Hall–Kier alpha value is -1.53. The Bertz CT molecular complexity index is 331. The van der Waals surface area contributed by atoms with Gasteiger partial charge in [-0.05, 0) is 24.1 Å². The van der Waals surface area contributed by atoms with Gasteiger partial charge < -0.3 is 10.1 Å². The molecule has 0 atom stereocenters. The Morgan fingerprint density at radius 3 is 3.07 bits per heavy atom. The van der Waals surface area contributed by atoms with Crippen molar-refractivity contribution in [2.75, 3.05) is 19.0 Å². The molecule has 80 valence electrons. The highest BCUT2D eigenvalue weighted by molar-refractivity contribution is 5.45. The van der Waals surface area contributed by atoms with Gasteiger partial charge in [0.1, 0.15) is 0 Å². The second kappa shape index (κ2) is 6.86. The molecular formula is C12H16N2O. The summed E-state index contributed by atoms with van der Waals surface area (Å²) in [6.07, 6.45) is 1.48. The molecular weight excluding hydrogens is 188 g/mol. The van der Waals surface area contributed by atoms with Crippen LogP contribution in [-0.2, 0) is 11.3 Å². The van der Waals surface area contributed by atoms with Crippen LogP contribution in [0.2, 0.25) is 0 Å². The van der Waals surface area contributed by atoms with E-state index in [1.165, 1.54) is 0 Å². The van der Waals surface area contributed by atoms with E-state index in [0.717, 1.165) is 24.2 Å². The maximum Gasteiger partial charge on any atom is 0.0713 e. The van der Waals surface area contributed by atoms with Gasteiger partial charge in [-0.2, -0.15) is 5.26 Å². The summed E-state index contributed by atoms with van der Waals surface area (Å²) in [5.41, 5.74) is 2.24. The summed E-state index contributed by atoms with van der Waals surface area (Å²) >= 11 is 0. The van der Waals surface area contributed by atoms with E-state index >= 15 is 0 Å². The summed E-state index contributed by atoms with van der Waals surface area (Å²) in [4.78, 5) is 0. The lowest BCUT2D eigenvalue weighted by Gasteiger charge is -2.06. The number of hydrogen-bond acceptors (Lipinski definition) is 3. The van der Waals surface area contributed by atoms with Crippen molar-refractivity contribution in [3.8, 4) is 6.07 Å². The highest BCUT2D eigenvalue weighted by Crippen LogP contribution is 2.11. The topological polar surface area (TPSA) is 45.0 Å². The molecule has 0 fully saturated rings. The van der Waals surface area contributed by atoms with Gasteiger partial charge >= 0.3 is 0 Å². The van der Waals surface area contributed by atoms with Crippen LogP contribution in [0.3, 0.4) is 0 Å². The summed E-state index contributed by atoms with van der Waals surface area (Å²) in [6, 6.07) is 10.2. The molecule has 1 aromatic carbocycles. The zero-order chi connectivity index (χ0) is 10.9. The number of unbranched alkanes of at least 4 members (excludes halogenated alkanes) is 1. The third-order valence-corrected chi connectivity index (χ3v) is 2.03. The number of nitrogens with one attached hydrogen (secondary N) is 1. The van der Waals surface area contributed by atoms with E-state index in [2.05, 4.69) is 17.5 Å². The maximum atomic E-state index is 8.38. The van der Waals surface area contributed by atoms with Crippen molar-refractivity contribution in [3.05, 3.63) is 29.8 Å². The SMILES string of the molecule is COCc1cccc(NCCCC#N)c1. The van der Waals surface area contributed by atoms with Gasteiger partial charge in [-0.15, -0.1) is 0 Å². The molecule has 0 unspecified atom stereocenters. The van der Waals surface area contributed by atoms with E-state index in [4.69, 9.17) is 10.00 Å². The molecule has 0 bridgehead atoms. The van der Waals surface area contributed by atoms with Crippen LogP contribution in [0.1, 0.15) is 18.4 Å². The molecule has 1 aromatic rings. The van der Waals surface area contributed by atoms with Crippen LogP contribution < -0.4 is 5.32 Å². The summed E-state index contributed by atoms with van der Waals surface area (Å²) < 4.78 is 5.06. The smallest absolute Gasteiger partial charge is 0.0713 e. The summed E-state index contributed by atoms with van der Waals surface area (Å²) in [7, 11) is 1.69. The molecule has 0 spiro atoms. The molecule has 0 heterocycles. The summed E-state index contributed by atoms with van der Waals surface area (Å²) in [6.45, 7) is 1.47. The van der Waals surface area contributed by atoms with Crippen molar-refractivity contribution in [2.45, 2.75) is 19.4 Å². The summed E-state index contributed by atoms with van der Waals surface area (Å²) in [5.74, 6) is 0. The number of benzene rings is 1. The zero-order valence-electron chi connectivity index (χ0n) is 8.99.